The van der Waals surface area contributed by atoms with Gasteiger partial charge >= 0.3 is 0 Å². The second-order valence-electron chi connectivity index (χ2n) is 9.03. The molecule has 3 rings (SSSR count). The van der Waals surface area contributed by atoms with E-state index in [1.165, 1.54) is 4.88 Å². The Hall–Kier alpha value is -2.14. The summed E-state index contributed by atoms with van der Waals surface area (Å²) in [7, 11) is 3.53. The van der Waals surface area contributed by atoms with Gasteiger partial charge in [0.2, 0.25) is 0 Å². The maximum absolute atomic E-state index is 12.9. The number of nitrogens with one attached hydrogen (secondary N) is 1. The van der Waals surface area contributed by atoms with Crippen molar-refractivity contribution in [3.05, 3.63) is 51.4 Å². The molecule has 0 saturated heterocycles. The summed E-state index contributed by atoms with van der Waals surface area (Å²) >= 11 is 1.57. The number of rotatable bonds is 3. The predicted octanol–water partition coefficient (Wildman–Crippen LogP) is 5.16. The third-order valence-corrected chi connectivity index (χ3v) is 6.82. The predicted molar refractivity (Wildman–Crippen MR) is 116 cm³/mol. The summed E-state index contributed by atoms with van der Waals surface area (Å²) in [5.41, 5.74) is 3.76. The fourth-order valence-electron chi connectivity index (χ4n) is 3.74. The summed E-state index contributed by atoms with van der Waals surface area (Å²) in [5, 5.41) is 3.71. The van der Waals surface area contributed by atoms with E-state index >= 15 is 0 Å². The average Bonchev–Trinajstić information content (AvgIpc) is 2.97. The molecule has 1 aliphatic rings. The molecule has 0 bridgehead atoms. The van der Waals surface area contributed by atoms with Gasteiger partial charge in [-0.3, -0.25) is 9.59 Å². The molecule has 5 heteroatoms. The average molecular weight is 399 g/mol. The number of carbonyl (C=O) groups excluding carboxylic acids is 2. The molecule has 1 aromatic heterocycles. The van der Waals surface area contributed by atoms with Gasteiger partial charge in [0.1, 0.15) is 5.00 Å². The van der Waals surface area contributed by atoms with Crippen molar-refractivity contribution in [1.29, 1.82) is 0 Å². The minimum atomic E-state index is -0.168. The normalized spacial score (nSPS) is 16.4. The Bertz CT molecular complexity index is 889. The Morgan fingerprint density at radius 3 is 2.36 bits per heavy atom. The van der Waals surface area contributed by atoms with Crippen molar-refractivity contribution < 1.29 is 9.59 Å². The van der Waals surface area contributed by atoms with Crippen molar-refractivity contribution in [3.63, 3.8) is 0 Å². The Morgan fingerprint density at radius 2 is 1.79 bits per heavy atom. The van der Waals surface area contributed by atoms with Crippen LogP contribution >= 0.6 is 11.3 Å². The van der Waals surface area contributed by atoms with E-state index < -0.39 is 0 Å². The first kappa shape index (κ1) is 20.6. The molecule has 28 heavy (non-hydrogen) atoms. The Kier molecular flexibility index (Phi) is 5.67. The van der Waals surface area contributed by atoms with Crippen LogP contribution in [0.3, 0.4) is 0 Å². The number of nitrogens with zero attached hydrogens (tertiary/aromatic N) is 1. The van der Waals surface area contributed by atoms with E-state index in [2.05, 4.69) is 26.1 Å². The number of hydrogen-bond donors (Lipinski definition) is 1. The van der Waals surface area contributed by atoms with Gasteiger partial charge in [-0.05, 0) is 55.2 Å². The molecular formula is C23H30N2O2S. The van der Waals surface area contributed by atoms with Crippen LogP contribution in [-0.2, 0) is 12.8 Å². The summed E-state index contributed by atoms with van der Waals surface area (Å²) in [5.74, 6) is 0.381. The number of thiophene rings is 1. The van der Waals surface area contributed by atoms with Crippen molar-refractivity contribution >= 4 is 28.2 Å². The molecule has 1 N–H and O–H groups in total. The van der Waals surface area contributed by atoms with Gasteiger partial charge in [0, 0.05) is 24.5 Å². The molecule has 2 aromatic rings. The monoisotopic (exact) mass is 398 g/mol. The lowest BCUT2D eigenvalue weighted by Gasteiger charge is -2.34. The zero-order valence-electron chi connectivity index (χ0n) is 17.7. The van der Waals surface area contributed by atoms with E-state index in [4.69, 9.17) is 0 Å². The number of anilines is 1. The van der Waals surface area contributed by atoms with E-state index in [0.29, 0.717) is 22.0 Å². The molecule has 150 valence electrons. The highest BCUT2D eigenvalue weighted by atomic mass is 32.1. The second-order valence-corrected chi connectivity index (χ2v) is 10.1. The summed E-state index contributed by atoms with van der Waals surface area (Å²) < 4.78 is 0. The molecule has 4 nitrogen and oxygen atoms in total. The lowest BCUT2D eigenvalue weighted by Crippen LogP contribution is -2.28. The van der Waals surface area contributed by atoms with Crippen molar-refractivity contribution in [2.45, 2.75) is 47.0 Å². The first-order valence-electron chi connectivity index (χ1n) is 9.82. The van der Waals surface area contributed by atoms with Gasteiger partial charge in [-0.15, -0.1) is 11.3 Å². The van der Waals surface area contributed by atoms with Crippen molar-refractivity contribution in [2.75, 3.05) is 19.4 Å². The lowest BCUT2D eigenvalue weighted by molar-refractivity contribution is 0.0827. The number of hydrogen-bond acceptors (Lipinski definition) is 3. The molecule has 1 heterocycles. The van der Waals surface area contributed by atoms with Gasteiger partial charge in [-0.1, -0.05) is 38.5 Å². The van der Waals surface area contributed by atoms with Crippen LogP contribution in [0.15, 0.2) is 24.3 Å². The summed E-state index contributed by atoms with van der Waals surface area (Å²) in [6.07, 6.45) is 2.94. The van der Waals surface area contributed by atoms with E-state index in [0.717, 1.165) is 30.4 Å². The third kappa shape index (κ3) is 4.14. The SMILES string of the molecule is Cc1ccc(C(=O)Nc2sc3c(c2C(=O)N(C)C)CCC(C(C)(C)C)C3)cc1. The van der Waals surface area contributed by atoms with Gasteiger partial charge in [0.15, 0.2) is 0 Å². The first-order valence-corrected chi connectivity index (χ1v) is 10.6. The number of amides is 2. The van der Waals surface area contributed by atoms with Gasteiger partial charge in [-0.2, -0.15) is 0 Å². The number of fused-ring (bicyclic) bond motifs is 1. The zero-order valence-corrected chi connectivity index (χ0v) is 18.5. The fraction of sp³-hybridized carbons (Fsp3) is 0.478. The molecule has 1 unspecified atom stereocenters. The number of carbonyl (C=O) groups is 2. The fourth-order valence-corrected chi connectivity index (χ4v) is 5.06. The van der Waals surface area contributed by atoms with Crippen molar-refractivity contribution in [1.82, 2.24) is 4.90 Å². The molecule has 0 radical (unpaired) electrons. The minimum Gasteiger partial charge on any atom is -0.345 e. The Labute approximate surface area is 172 Å². The molecule has 0 fully saturated rings. The molecule has 1 aromatic carbocycles. The molecule has 0 saturated carbocycles. The maximum Gasteiger partial charge on any atom is 0.256 e. The highest BCUT2D eigenvalue weighted by Gasteiger charge is 2.34. The van der Waals surface area contributed by atoms with Crippen LogP contribution in [0.1, 0.15) is 63.9 Å². The van der Waals surface area contributed by atoms with Gasteiger partial charge in [-0.25, -0.2) is 0 Å². The summed E-state index contributed by atoms with van der Waals surface area (Å²) in [6, 6.07) is 7.49. The molecule has 2 amide bonds. The second kappa shape index (κ2) is 7.70. The number of benzene rings is 1. The smallest absolute Gasteiger partial charge is 0.256 e. The standard InChI is InChI=1S/C23H30N2O2S/c1-14-7-9-15(10-8-14)20(26)24-21-19(22(27)25(5)6)17-12-11-16(23(2,3)4)13-18(17)28-21/h7-10,16H,11-13H2,1-6H3,(H,24,26). The quantitative estimate of drug-likeness (QED) is 0.776. The molecule has 0 aliphatic heterocycles. The van der Waals surface area contributed by atoms with E-state index in [1.54, 1.807) is 30.3 Å². The molecular weight excluding hydrogens is 368 g/mol. The van der Waals surface area contributed by atoms with Gasteiger partial charge < -0.3 is 10.2 Å². The highest BCUT2D eigenvalue weighted by Crippen LogP contribution is 2.44. The summed E-state index contributed by atoms with van der Waals surface area (Å²) in [4.78, 5) is 28.5. The van der Waals surface area contributed by atoms with Crippen molar-refractivity contribution in [2.24, 2.45) is 11.3 Å². The third-order valence-electron chi connectivity index (χ3n) is 5.65. The van der Waals surface area contributed by atoms with E-state index in [9.17, 15) is 9.59 Å². The van der Waals surface area contributed by atoms with Crippen molar-refractivity contribution in [3.8, 4) is 0 Å². The van der Waals surface area contributed by atoms with E-state index in [1.807, 2.05) is 31.2 Å². The van der Waals surface area contributed by atoms with Crippen LogP contribution < -0.4 is 5.32 Å². The summed E-state index contributed by atoms with van der Waals surface area (Å²) in [6.45, 7) is 8.83. The van der Waals surface area contributed by atoms with Crippen LogP contribution in [0.4, 0.5) is 5.00 Å². The minimum absolute atomic E-state index is 0.0362. The number of aryl methyl sites for hydroxylation is 1. The van der Waals surface area contributed by atoms with Crippen LogP contribution in [0.25, 0.3) is 0 Å². The van der Waals surface area contributed by atoms with Gasteiger partial charge in [0.05, 0.1) is 5.56 Å². The topological polar surface area (TPSA) is 49.4 Å². The Balaban J connectivity index is 1.96. The van der Waals surface area contributed by atoms with Crippen LogP contribution in [0.2, 0.25) is 0 Å². The maximum atomic E-state index is 12.9. The first-order chi connectivity index (χ1) is 13.1. The van der Waals surface area contributed by atoms with Crippen LogP contribution in [0, 0.1) is 18.3 Å². The highest BCUT2D eigenvalue weighted by molar-refractivity contribution is 7.17. The molecule has 1 atom stereocenters. The van der Waals surface area contributed by atoms with Crippen LogP contribution in [0.5, 0.6) is 0 Å². The molecule has 0 spiro atoms. The van der Waals surface area contributed by atoms with E-state index in [-0.39, 0.29) is 17.2 Å². The Morgan fingerprint density at radius 1 is 1.14 bits per heavy atom. The van der Waals surface area contributed by atoms with Crippen LogP contribution in [-0.4, -0.2) is 30.8 Å². The zero-order chi connectivity index (χ0) is 20.6. The lowest BCUT2D eigenvalue weighted by atomic mass is 9.72. The largest absolute Gasteiger partial charge is 0.345 e. The van der Waals surface area contributed by atoms with Gasteiger partial charge in [0.25, 0.3) is 11.8 Å². The molecule has 1 aliphatic carbocycles.